The van der Waals surface area contributed by atoms with E-state index >= 15 is 0 Å². The first kappa shape index (κ1) is 12.5. The van der Waals surface area contributed by atoms with Crippen LogP contribution in [0, 0.1) is 10.1 Å². The number of fused-ring (bicyclic) bond motifs is 1. The maximum atomic E-state index is 10.8. The first-order chi connectivity index (χ1) is 9.09. The van der Waals surface area contributed by atoms with E-state index in [4.69, 9.17) is 5.73 Å². The Labute approximate surface area is 106 Å². The molecule has 1 heterocycles. The number of amides is 2. The summed E-state index contributed by atoms with van der Waals surface area (Å²) < 4.78 is 4.51. The van der Waals surface area contributed by atoms with E-state index in [-0.39, 0.29) is 16.7 Å². The molecule has 0 spiro atoms. The molecule has 10 nitrogen and oxygen atoms in total. The minimum absolute atomic E-state index is 0.0675. The molecule has 0 radical (unpaired) electrons. The molecule has 0 atom stereocenters. The summed E-state index contributed by atoms with van der Waals surface area (Å²) in [4.78, 5) is 20.7. The summed E-state index contributed by atoms with van der Waals surface area (Å²) in [5.74, 6) is 0. The van der Waals surface area contributed by atoms with Crippen LogP contribution in [-0.2, 0) is 0 Å². The van der Waals surface area contributed by atoms with Crippen LogP contribution in [0.2, 0.25) is 0 Å². The van der Waals surface area contributed by atoms with Gasteiger partial charge in [-0.15, -0.1) is 0 Å². The maximum absolute atomic E-state index is 10.8. The standard InChI is InChI=1S/C9H10N6O4/c10-9(16)12-4-3-11-5-1-2-6(15(17)18)8-7(5)13-19-14-8/h1-2,11H,3-4H2,(H3,10,12,16). The lowest BCUT2D eigenvalue weighted by Gasteiger charge is -2.06. The Kier molecular flexibility index (Phi) is 3.41. The molecule has 0 saturated carbocycles. The second-order valence-electron chi connectivity index (χ2n) is 3.57. The van der Waals surface area contributed by atoms with E-state index in [9.17, 15) is 14.9 Å². The van der Waals surface area contributed by atoms with Crippen molar-refractivity contribution in [3.8, 4) is 0 Å². The fourth-order valence-electron chi connectivity index (χ4n) is 1.53. The number of urea groups is 1. The Morgan fingerprint density at radius 2 is 2.11 bits per heavy atom. The molecule has 0 aliphatic rings. The minimum atomic E-state index is -0.626. The van der Waals surface area contributed by atoms with Gasteiger partial charge in [-0.1, -0.05) is 0 Å². The lowest BCUT2D eigenvalue weighted by molar-refractivity contribution is -0.383. The average molecular weight is 266 g/mol. The molecule has 0 unspecified atom stereocenters. The minimum Gasteiger partial charge on any atom is -0.381 e. The summed E-state index contributed by atoms with van der Waals surface area (Å²) in [6.07, 6.45) is 0. The Hall–Kier alpha value is -2.91. The number of rotatable bonds is 5. The second kappa shape index (κ2) is 5.16. The largest absolute Gasteiger partial charge is 0.381 e. The topological polar surface area (TPSA) is 149 Å². The highest BCUT2D eigenvalue weighted by molar-refractivity contribution is 5.93. The van der Waals surface area contributed by atoms with Gasteiger partial charge < -0.3 is 16.4 Å². The van der Waals surface area contributed by atoms with Crippen molar-refractivity contribution >= 4 is 28.4 Å². The first-order valence-electron chi connectivity index (χ1n) is 5.26. The molecule has 0 fully saturated rings. The van der Waals surface area contributed by atoms with E-state index in [1.807, 2.05) is 0 Å². The van der Waals surface area contributed by atoms with Gasteiger partial charge in [0.05, 0.1) is 10.6 Å². The number of hydrogen-bond acceptors (Lipinski definition) is 7. The van der Waals surface area contributed by atoms with Gasteiger partial charge in [0, 0.05) is 19.2 Å². The summed E-state index contributed by atoms with van der Waals surface area (Å²) in [6, 6.07) is 2.17. The average Bonchev–Trinajstić information content (AvgIpc) is 2.83. The van der Waals surface area contributed by atoms with Gasteiger partial charge in [-0.05, 0) is 16.4 Å². The fraction of sp³-hybridized carbons (Fsp3) is 0.222. The molecule has 0 aliphatic heterocycles. The molecule has 100 valence electrons. The second-order valence-corrected chi connectivity index (χ2v) is 3.57. The van der Waals surface area contributed by atoms with Crippen molar-refractivity contribution in [2.24, 2.45) is 5.73 Å². The number of aromatic nitrogens is 2. The molecular formula is C9H10N6O4. The molecule has 2 aromatic rings. The van der Waals surface area contributed by atoms with E-state index in [2.05, 4.69) is 25.6 Å². The summed E-state index contributed by atoms with van der Waals surface area (Å²) >= 11 is 0. The van der Waals surface area contributed by atoms with Crippen molar-refractivity contribution in [2.75, 3.05) is 18.4 Å². The molecule has 0 saturated heterocycles. The number of nitrogens with two attached hydrogens (primary N) is 1. The SMILES string of the molecule is NC(=O)NCCNc1ccc([N+](=O)[O-])c2nonc12. The lowest BCUT2D eigenvalue weighted by Crippen LogP contribution is -2.33. The molecule has 0 bridgehead atoms. The number of benzene rings is 1. The van der Waals surface area contributed by atoms with Crippen LogP contribution >= 0.6 is 0 Å². The molecule has 2 rings (SSSR count). The van der Waals surface area contributed by atoms with Crippen LogP contribution in [0.1, 0.15) is 0 Å². The fourth-order valence-corrected chi connectivity index (χ4v) is 1.53. The molecule has 2 amide bonds. The van der Waals surface area contributed by atoms with Crippen molar-refractivity contribution in [1.29, 1.82) is 0 Å². The number of anilines is 1. The summed E-state index contributed by atoms with van der Waals surface area (Å²) in [5, 5.41) is 23.2. The van der Waals surface area contributed by atoms with E-state index in [0.717, 1.165) is 0 Å². The molecule has 0 aliphatic carbocycles. The van der Waals surface area contributed by atoms with Crippen LogP contribution < -0.4 is 16.4 Å². The van der Waals surface area contributed by atoms with Gasteiger partial charge in [0.15, 0.2) is 5.52 Å². The van der Waals surface area contributed by atoms with Gasteiger partial charge in [0.2, 0.25) is 5.52 Å². The van der Waals surface area contributed by atoms with Gasteiger partial charge in [0.25, 0.3) is 0 Å². The highest BCUT2D eigenvalue weighted by Gasteiger charge is 2.19. The zero-order valence-corrected chi connectivity index (χ0v) is 9.62. The van der Waals surface area contributed by atoms with Gasteiger partial charge in [0.1, 0.15) is 0 Å². The zero-order chi connectivity index (χ0) is 13.8. The first-order valence-corrected chi connectivity index (χ1v) is 5.26. The van der Waals surface area contributed by atoms with Crippen molar-refractivity contribution in [3.63, 3.8) is 0 Å². The normalized spacial score (nSPS) is 10.3. The number of carbonyl (C=O) groups excluding carboxylic acids is 1. The highest BCUT2D eigenvalue weighted by atomic mass is 16.6. The number of primary amides is 1. The number of nitro benzene ring substituents is 1. The smallest absolute Gasteiger partial charge is 0.312 e. The Bertz CT molecular complexity index is 624. The monoisotopic (exact) mass is 266 g/mol. The van der Waals surface area contributed by atoms with Crippen molar-refractivity contribution in [1.82, 2.24) is 15.6 Å². The number of hydrogen-bond donors (Lipinski definition) is 3. The number of non-ortho nitro benzene ring substituents is 1. The lowest BCUT2D eigenvalue weighted by atomic mass is 10.2. The third kappa shape index (κ3) is 2.68. The van der Waals surface area contributed by atoms with Gasteiger partial charge >= 0.3 is 11.7 Å². The summed E-state index contributed by atoms with van der Waals surface area (Å²) in [6.45, 7) is 0.682. The number of carbonyl (C=O) groups is 1. The van der Waals surface area contributed by atoms with Gasteiger partial charge in [-0.25, -0.2) is 9.42 Å². The van der Waals surface area contributed by atoms with Crippen LogP contribution in [-0.4, -0.2) is 34.4 Å². The molecule has 19 heavy (non-hydrogen) atoms. The van der Waals surface area contributed by atoms with Crippen LogP contribution in [0.4, 0.5) is 16.2 Å². The predicted octanol–water partition coefficient (Wildman–Crippen LogP) is 0.211. The Balaban J connectivity index is 2.16. The summed E-state index contributed by atoms with van der Waals surface area (Å²) in [7, 11) is 0. The molecule has 1 aromatic heterocycles. The van der Waals surface area contributed by atoms with E-state index in [0.29, 0.717) is 18.8 Å². The van der Waals surface area contributed by atoms with Crippen molar-refractivity contribution < 1.29 is 14.3 Å². The molecule has 10 heteroatoms. The number of nitrogens with one attached hydrogen (secondary N) is 2. The third-order valence-corrected chi connectivity index (χ3v) is 2.33. The van der Waals surface area contributed by atoms with Crippen LogP contribution in [0.3, 0.4) is 0 Å². The van der Waals surface area contributed by atoms with E-state index < -0.39 is 11.0 Å². The quantitative estimate of drug-likeness (QED) is 0.397. The van der Waals surface area contributed by atoms with Crippen LogP contribution in [0.5, 0.6) is 0 Å². The molecule has 1 aromatic carbocycles. The van der Waals surface area contributed by atoms with E-state index in [1.165, 1.54) is 12.1 Å². The molecule has 4 N–H and O–H groups in total. The third-order valence-electron chi connectivity index (χ3n) is 2.33. The van der Waals surface area contributed by atoms with Gasteiger partial charge in [-0.3, -0.25) is 10.1 Å². The zero-order valence-electron chi connectivity index (χ0n) is 9.62. The summed E-state index contributed by atoms with van der Waals surface area (Å²) in [5.41, 5.74) is 5.57. The highest BCUT2D eigenvalue weighted by Crippen LogP contribution is 2.28. The van der Waals surface area contributed by atoms with Crippen LogP contribution in [0.25, 0.3) is 11.0 Å². The number of nitrogens with zero attached hydrogens (tertiary/aromatic N) is 3. The van der Waals surface area contributed by atoms with Crippen molar-refractivity contribution in [3.05, 3.63) is 22.2 Å². The van der Waals surface area contributed by atoms with E-state index in [1.54, 1.807) is 0 Å². The maximum Gasteiger partial charge on any atom is 0.312 e. The molecular weight excluding hydrogens is 256 g/mol. The van der Waals surface area contributed by atoms with Crippen LogP contribution in [0.15, 0.2) is 16.8 Å². The Morgan fingerprint density at radius 3 is 2.79 bits per heavy atom. The van der Waals surface area contributed by atoms with Gasteiger partial charge in [-0.2, -0.15) is 0 Å². The van der Waals surface area contributed by atoms with Crippen molar-refractivity contribution in [2.45, 2.75) is 0 Å². The predicted molar refractivity (Wildman–Crippen MR) is 64.5 cm³/mol. The Morgan fingerprint density at radius 1 is 1.37 bits per heavy atom. The number of nitro groups is 1.